The van der Waals surface area contributed by atoms with Crippen LogP contribution in [0.5, 0.6) is 0 Å². The van der Waals surface area contributed by atoms with E-state index in [9.17, 15) is 18.0 Å². The van der Waals surface area contributed by atoms with Crippen LogP contribution < -0.4 is 5.32 Å². The van der Waals surface area contributed by atoms with E-state index in [4.69, 9.17) is 16.0 Å². The average Bonchev–Trinajstić information content (AvgIpc) is 3.12. The fourth-order valence-corrected chi connectivity index (χ4v) is 2.79. The van der Waals surface area contributed by atoms with Crippen LogP contribution in [0.3, 0.4) is 0 Å². The standard InChI is InChI=1S/C20H15ClF3NO2/c21-16-7-6-14(12-15(16)20(22,23)24)17-8-9-18(27-17)19(26)25-11-10-13-4-2-1-3-5-13/h1-9,12H,10-11H2,(H,25,26). The predicted octanol–water partition coefficient (Wildman–Crippen LogP) is 5.59. The van der Waals surface area contributed by atoms with Crippen molar-refractivity contribution < 1.29 is 22.4 Å². The molecule has 3 aromatic rings. The summed E-state index contributed by atoms with van der Waals surface area (Å²) in [6, 6.07) is 16.0. The number of benzene rings is 2. The molecule has 0 saturated heterocycles. The lowest BCUT2D eigenvalue weighted by Gasteiger charge is -2.10. The van der Waals surface area contributed by atoms with Gasteiger partial charge in [-0.15, -0.1) is 0 Å². The topological polar surface area (TPSA) is 42.2 Å². The van der Waals surface area contributed by atoms with Gasteiger partial charge in [0, 0.05) is 12.1 Å². The van der Waals surface area contributed by atoms with Crippen LogP contribution in [0.2, 0.25) is 5.02 Å². The summed E-state index contributed by atoms with van der Waals surface area (Å²) in [5.41, 5.74) is 0.320. The highest BCUT2D eigenvalue weighted by atomic mass is 35.5. The molecule has 0 aliphatic heterocycles. The lowest BCUT2D eigenvalue weighted by Crippen LogP contribution is -2.25. The highest BCUT2D eigenvalue weighted by Crippen LogP contribution is 2.37. The zero-order chi connectivity index (χ0) is 19.4. The molecule has 3 nitrogen and oxygen atoms in total. The van der Waals surface area contributed by atoms with Crippen LogP contribution in [0.4, 0.5) is 13.2 Å². The Bertz CT molecular complexity index is 936. The highest BCUT2D eigenvalue weighted by molar-refractivity contribution is 6.31. The first kappa shape index (κ1) is 19.0. The van der Waals surface area contributed by atoms with E-state index >= 15 is 0 Å². The van der Waals surface area contributed by atoms with E-state index in [1.165, 1.54) is 18.2 Å². The minimum Gasteiger partial charge on any atom is -0.451 e. The lowest BCUT2D eigenvalue weighted by molar-refractivity contribution is -0.137. The fourth-order valence-electron chi connectivity index (χ4n) is 2.56. The van der Waals surface area contributed by atoms with Crippen LogP contribution >= 0.6 is 11.6 Å². The molecule has 3 rings (SSSR count). The van der Waals surface area contributed by atoms with Crippen molar-refractivity contribution in [1.82, 2.24) is 5.32 Å². The summed E-state index contributed by atoms with van der Waals surface area (Å²) in [5.74, 6) is -0.242. The SMILES string of the molecule is O=C(NCCc1ccccc1)c1ccc(-c2ccc(Cl)c(C(F)(F)F)c2)o1. The number of alkyl halides is 3. The number of amides is 1. The third-order valence-electron chi connectivity index (χ3n) is 3.93. The molecule has 0 aliphatic rings. The van der Waals surface area contributed by atoms with Gasteiger partial charge in [0.2, 0.25) is 0 Å². The first-order valence-corrected chi connectivity index (χ1v) is 8.51. The molecule has 0 radical (unpaired) electrons. The molecule has 1 aromatic heterocycles. The number of rotatable bonds is 5. The van der Waals surface area contributed by atoms with Crippen LogP contribution in [-0.4, -0.2) is 12.5 Å². The van der Waals surface area contributed by atoms with Crippen molar-refractivity contribution in [2.45, 2.75) is 12.6 Å². The van der Waals surface area contributed by atoms with Gasteiger partial charge < -0.3 is 9.73 Å². The van der Waals surface area contributed by atoms with E-state index in [0.717, 1.165) is 17.7 Å². The van der Waals surface area contributed by atoms with Crippen molar-refractivity contribution in [3.63, 3.8) is 0 Å². The van der Waals surface area contributed by atoms with Gasteiger partial charge in [-0.3, -0.25) is 4.79 Å². The maximum atomic E-state index is 13.0. The molecule has 0 saturated carbocycles. The second kappa shape index (κ2) is 7.88. The molecular formula is C20H15ClF3NO2. The molecule has 1 amide bonds. The minimum atomic E-state index is -4.57. The maximum absolute atomic E-state index is 13.0. The van der Waals surface area contributed by atoms with Crippen molar-refractivity contribution in [2.75, 3.05) is 6.54 Å². The Morgan fingerprint density at radius 1 is 1.04 bits per heavy atom. The maximum Gasteiger partial charge on any atom is 0.417 e. The van der Waals surface area contributed by atoms with Crippen molar-refractivity contribution in [3.05, 3.63) is 82.6 Å². The Labute approximate surface area is 158 Å². The van der Waals surface area contributed by atoms with Gasteiger partial charge in [-0.2, -0.15) is 13.2 Å². The third-order valence-corrected chi connectivity index (χ3v) is 4.26. The number of carbonyl (C=O) groups excluding carboxylic acids is 1. The van der Waals surface area contributed by atoms with Crippen molar-refractivity contribution in [1.29, 1.82) is 0 Å². The largest absolute Gasteiger partial charge is 0.451 e. The van der Waals surface area contributed by atoms with Crippen LogP contribution in [0.25, 0.3) is 11.3 Å². The van der Waals surface area contributed by atoms with Gasteiger partial charge in [-0.05, 0) is 42.3 Å². The van der Waals surface area contributed by atoms with Crippen LogP contribution in [0, 0.1) is 0 Å². The molecule has 2 aromatic carbocycles. The molecule has 0 aliphatic carbocycles. The molecule has 0 unspecified atom stereocenters. The van der Waals surface area contributed by atoms with Gasteiger partial charge in [0.25, 0.3) is 5.91 Å². The Morgan fingerprint density at radius 3 is 2.48 bits per heavy atom. The molecule has 0 fully saturated rings. The van der Waals surface area contributed by atoms with Crippen LogP contribution in [0.15, 0.2) is 65.1 Å². The summed E-state index contributed by atoms with van der Waals surface area (Å²) < 4.78 is 44.4. The molecule has 7 heteroatoms. The smallest absolute Gasteiger partial charge is 0.417 e. The second-order valence-electron chi connectivity index (χ2n) is 5.85. The molecular weight excluding hydrogens is 379 g/mol. The van der Waals surface area contributed by atoms with E-state index in [1.54, 1.807) is 0 Å². The average molecular weight is 394 g/mol. The van der Waals surface area contributed by atoms with Crippen LogP contribution in [0.1, 0.15) is 21.7 Å². The van der Waals surface area contributed by atoms with Gasteiger partial charge in [0.05, 0.1) is 10.6 Å². The minimum absolute atomic E-state index is 0.0292. The number of furan rings is 1. The Morgan fingerprint density at radius 2 is 1.78 bits per heavy atom. The van der Waals surface area contributed by atoms with E-state index < -0.39 is 22.7 Å². The second-order valence-corrected chi connectivity index (χ2v) is 6.25. The number of hydrogen-bond donors (Lipinski definition) is 1. The zero-order valence-electron chi connectivity index (χ0n) is 14.0. The van der Waals surface area contributed by atoms with E-state index in [-0.39, 0.29) is 17.1 Å². The lowest BCUT2D eigenvalue weighted by atomic mass is 10.1. The first-order valence-electron chi connectivity index (χ1n) is 8.13. The van der Waals surface area contributed by atoms with Crippen LogP contribution in [-0.2, 0) is 12.6 Å². The summed E-state index contributed by atoms with van der Waals surface area (Å²) in [6.45, 7) is 0.415. The Hall–Kier alpha value is -2.73. The van der Waals surface area contributed by atoms with Gasteiger partial charge in [-0.1, -0.05) is 41.9 Å². The summed E-state index contributed by atoms with van der Waals surface area (Å²) in [4.78, 5) is 12.2. The number of hydrogen-bond acceptors (Lipinski definition) is 2. The summed E-state index contributed by atoms with van der Waals surface area (Å²) in [5, 5.41) is 2.33. The van der Waals surface area contributed by atoms with Gasteiger partial charge in [0.15, 0.2) is 5.76 Å². The monoisotopic (exact) mass is 393 g/mol. The van der Waals surface area contributed by atoms with Crippen molar-refractivity contribution in [2.24, 2.45) is 0 Å². The molecule has 1 N–H and O–H groups in total. The van der Waals surface area contributed by atoms with Gasteiger partial charge >= 0.3 is 6.18 Å². The summed E-state index contributed by atoms with van der Waals surface area (Å²) in [7, 11) is 0. The quantitative estimate of drug-likeness (QED) is 0.613. The normalized spacial score (nSPS) is 11.4. The number of carbonyl (C=O) groups is 1. The van der Waals surface area contributed by atoms with Gasteiger partial charge in [-0.25, -0.2) is 0 Å². The highest BCUT2D eigenvalue weighted by Gasteiger charge is 2.33. The van der Waals surface area contributed by atoms with Crippen molar-refractivity contribution in [3.8, 4) is 11.3 Å². The van der Waals surface area contributed by atoms with Crippen molar-refractivity contribution >= 4 is 17.5 Å². The molecule has 0 atom stereocenters. The summed E-state index contributed by atoms with van der Waals surface area (Å²) in [6.07, 6.45) is -3.91. The Balaban J connectivity index is 1.68. The van der Waals surface area contributed by atoms with E-state index in [0.29, 0.717) is 13.0 Å². The number of halogens is 4. The number of nitrogens with one attached hydrogen (secondary N) is 1. The van der Waals surface area contributed by atoms with Gasteiger partial charge in [0.1, 0.15) is 5.76 Å². The summed E-state index contributed by atoms with van der Waals surface area (Å²) >= 11 is 5.62. The molecule has 140 valence electrons. The van der Waals surface area contributed by atoms with E-state index in [2.05, 4.69) is 5.32 Å². The molecule has 0 spiro atoms. The molecule has 0 bridgehead atoms. The predicted molar refractivity (Wildman–Crippen MR) is 96.6 cm³/mol. The fraction of sp³-hybridized carbons (Fsp3) is 0.150. The molecule has 1 heterocycles. The molecule has 27 heavy (non-hydrogen) atoms. The zero-order valence-corrected chi connectivity index (χ0v) is 14.8. The van der Waals surface area contributed by atoms with E-state index in [1.807, 2.05) is 30.3 Å². The third kappa shape index (κ3) is 4.71. The Kier molecular flexibility index (Phi) is 5.56. The first-order chi connectivity index (χ1) is 12.8.